The van der Waals surface area contributed by atoms with Crippen LogP contribution in [0.3, 0.4) is 0 Å². The van der Waals surface area contributed by atoms with Crippen LogP contribution in [0.4, 0.5) is 0 Å². The molecule has 0 fully saturated rings. The van der Waals surface area contributed by atoms with Crippen molar-refractivity contribution >= 4 is 28.4 Å². The molecule has 0 atom stereocenters. The Morgan fingerprint density at radius 1 is 0.622 bits per heavy atom. The molecule has 0 heterocycles. The SMILES string of the molecule is CC(C)c1cc2c(-c3ccc(C(C)(C)C)cc3)cccc2[cH-]1.Cc1cc2c(-c3ccc(C)c(C)c3)ccc(C)c2[cH-]1.[CH3-].[CH3-].[Si]=[Zr]. The zero-order valence-electron chi connectivity index (χ0n) is 29.3. The second-order valence-corrected chi connectivity index (χ2v) is 13.2. The topological polar surface area (TPSA) is 0 Å². The molecule has 234 valence electrons. The molecule has 0 nitrogen and oxygen atoms in total. The van der Waals surface area contributed by atoms with Gasteiger partial charge in [-0.15, -0.1) is 68.6 Å². The molecule has 0 saturated carbocycles. The van der Waals surface area contributed by atoms with Crippen molar-refractivity contribution in [2.75, 3.05) is 0 Å². The summed E-state index contributed by atoms with van der Waals surface area (Å²) >= 11 is 1.36. The molecule has 2 radical (unpaired) electrons. The van der Waals surface area contributed by atoms with Crippen LogP contribution in [0, 0.1) is 42.5 Å². The predicted molar refractivity (Wildman–Crippen MR) is 200 cm³/mol. The first-order valence-corrected chi connectivity index (χ1v) is 19.4. The fraction of sp³-hybridized carbons (Fsp3) is 0.256. The Kier molecular flexibility index (Phi) is 13.8. The van der Waals surface area contributed by atoms with Gasteiger partial charge in [-0.2, -0.15) is 12.1 Å². The van der Waals surface area contributed by atoms with Crippen molar-refractivity contribution in [1.29, 1.82) is 0 Å². The maximum atomic E-state index is 3.06. The molecule has 6 rings (SSSR count). The molecule has 0 aliphatic heterocycles. The third-order valence-corrected chi connectivity index (χ3v) is 8.57. The summed E-state index contributed by atoms with van der Waals surface area (Å²) in [6, 6.07) is 36.2. The van der Waals surface area contributed by atoms with Gasteiger partial charge in [0, 0.05) is 0 Å². The molecule has 0 bridgehead atoms. The van der Waals surface area contributed by atoms with Crippen LogP contribution in [0.1, 0.15) is 73.9 Å². The Morgan fingerprint density at radius 2 is 1.22 bits per heavy atom. The molecular formula is C43H50SiZr-4. The van der Waals surface area contributed by atoms with Gasteiger partial charge in [-0.05, 0) is 53.0 Å². The van der Waals surface area contributed by atoms with E-state index in [1.54, 1.807) is 0 Å². The first-order valence-electron chi connectivity index (χ1n) is 15.2. The van der Waals surface area contributed by atoms with Crippen molar-refractivity contribution in [3.63, 3.8) is 0 Å². The zero-order chi connectivity index (χ0) is 31.5. The van der Waals surface area contributed by atoms with Crippen LogP contribution in [-0.4, -0.2) is 6.88 Å². The summed E-state index contributed by atoms with van der Waals surface area (Å²) in [5, 5.41) is 5.48. The second-order valence-electron chi connectivity index (χ2n) is 13.2. The number of fused-ring (bicyclic) bond motifs is 2. The summed E-state index contributed by atoms with van der Waals surface area (Å²) in [6.07, 6.45) is 0. The van der Waals surface area contributed by atoms with Gasteiger partial charge in [0.2, 0.25) is 0 Å². The van der Waals surface area contributed by atoms with Crippen LogP contribution in [0.2, 0.25) is 0 Å². The zero-order valence-corrected chi connectivity index (χ0v) is 32.8. The van der Waals surface area contributed by atoms with Crippen molar-refractivity contribution < 1.29 is 23.3 Å². The predicted octanol–water partition coefficient (Wildman–Crippen LogP) is 12.6. The van der Waals surface area contributed by atoms with E-state index in [-0.39, 0.29) is 20.3 Å². The number of hydrogen-bond donors (Lipinski definition) is 0. The van der Waals surface area contributed by atoms with Crippen molar-refractivity contribution in [2.24, 2.45) is 0 Å². The summed E-state index contributed by atoms with van der Waals surface area (Å²) in [5.41, 5.74) is 13.7. The molecule has 0 unspecified atom stereocenters. The van der Waals surface area contributed by atoms with Gasteiger partial charge in [-0.25, -0.2) is 0 Å². The normalized spacial score (nSPS) is 10.8. The first-order chi connectivity index (χ1) is 20.4. The standard InChI is InChI=1S/C22H25.C19H19.2CH3.Si.Zr/c1-15(2)18-13-17-7-6-8-20(21(17)14-18)16-9-11-19(12-10-16)22(3,4)5;1-12-9-18-14(3)6-8-17(19(18)10-12)16-7-5-13(2)15(4)11-16;;;;/h6-15H,1-5H3;5-11H,1-4H3;2*1H3;;/q4*-1;;. The van der Waals surface area contributed by atoms with E-state index >= 15 is 0 Å². The fourth-order valence-corrected chi connectivity index (χ4v) is 5.74. The molecular weight excluding hydrogens is 636 g/mol. The Labute approximate surface area is 291 Å². The monoisotopic (exact) mass is 684 g/mol. The van der Waals surface area contributed by atoms with E-state index in [1.807, 2.05) is 0 Å². The summed E-state index contributed by atoms with van der Waals surface area (Å²) < 4.78 is 0. The number of hydrogen-bond acceptors (Lipinski definition) is 0. The first kappa shape index (κ1) is 38.4. The van der Waals surface area contributed by atoms with E-state index in [1.165, 1.54) is 101 Å². The Hall–Kier alpha value is -2.80. The van der Waals surface area contributed by atoms with Crippen LogP contribution in [0.5, 0.6) is 0 Å². The van der Waals surface area contributed by atoms with Crippen molar-refractivity contribution in [3.05, 3.63) is 145 Å². The molecule has 0 N–H and O–H groups in total. The Bertz CT molecular complexity index is 1840. The summed E-state index contributed by atoms with van der Waals surface area (Å²) in [4.78, 5) is 0. The van der Waals surface area contributed by atoms with Gasteiger partial charge in [0.15, 0.2) is 0 Å². The molecule has 0 aromatic heterocycles. The molecule has 0 spiro atoms. The van der Waals surface area contributed by atoms with Crippen molar-refractivity contribution in [3.8, 4) is 22.3 Å². The average Bonchev–Trinajstić information content (AvgIpc) is 3.60. The van der Waals surface area contributed by atoms with E-state index in [0.717, 1.165) is 0 Å². The average molecular weight is 686 g/mol. The maximum absolute atomic E-state index is 3.06. The molecule has 0 saturated heterocycles. The van der Waals surface area contributed by atoms with Crippen LogP contribution < -0.4 is 0 Å². The van der Waals surface area contributed by atoms with E-state index in [2.05, 4.69) is 166 Å². The molecule has 0 aliphatic carbocycles. The molecule has 6 aromatic carbocycles. The molecule has 45 heavy (non-hydrogen) atoms. The number of aryl methyl sites for hydroxylation is 4. The van der Waals surface area contributed by atoms with Gasteiger partial charge < -0.3 is 14.9 Å². The quantitative estimate of drug-likeness (QED) is 0.128. The third-order valence-electron chi connectivity index (χ3n) is 8.57. The minimum atomic E-state index is 0. The molecule has 0 aliphatic rings. The van der Waals surface area contributed by atoms with Gasteiger partial charge in [0.1, 0.15) is 0 Å². The summed E-state index contributed by atoms with van der Waals surface area (Å²) in [6.45, 7) is 23.1. The van der Waals surface area contributed by atoms with Gasteiger partial charge >= 0.3 is 30.2 Å². The van der Waals surface area contributed by atoms with Gasteiger partial charge in [0.25, 0.3) is 0 Å². The second kappa shape index (κ2) is 16.2. The Morgan fingerprint density at radius 3 is 1.82 bits per heavy atom. The number of rotatable bonds is 3. The van der Waals surface area contributed by atoms with Crippen LogP contribution in [0.15, 0.2) is 97.1 Å². The van der Waals surface area contributed by atoms with Crippen LogP contribution >= 0.6 is 0 Å². The van der Waals surface area contributed by atoms with E-state index < -0.39 is 0 Å². The number of benzene rings is 4. The van der Waals surface area contributed by atoms with Crippen molar-refractivity contribution in [2.45, 2.75) is 73.6 Å². The summed E-state index contributed by atoms with van der Waals surface area (Å²) in [5.74, 6) is 0.573. The minimum absolute atomic E-state index is 0. The fourth-order valence-electron chi connectivity index (χ4n) is 5.74. The Balaban J connectivity index is 0.000000287. The molecule has 2 heteroatoms. The third kappa shape index (κ3) is 8.72. The van der Waals surface area contributed by atoms with Gasteiger partial charge in [-0.1, -0.05) is 114 Å². The molecule has 6 aromatic rings. The van der Waals surface area contributed by atoms with Gasteiger partial charge in [0.05, 0.1) is 0 Å². The van der Waals surface area contributed by atoms with Gasteiger partial charge in [-0.3, -0.25) is 0 Å². The summed E-state index contributed by atoms with van der Waals surface area (Å²) in [7, 11) is 0. The van der Waals surface area contributed by atoms with Crippen LogP contribution in [0.25, 0.3) is 43.8 Å². The van der Waals surface area contributed by atoms with E-state index in [4.69, 9.17) is 0 Å². The van der Waals surface area contributed by atoms with E-state index in [0.29, 0.717) is 5.92 Å². The van der Waals surface area contributed by atoms with Crippen LogP contribution in [-0.2, 0) is 28.8 Å². The van der Waals surface area contributed by atoms with E-state index in [9.17, 15) is 0 Å². The molecule has 0 amide bonds. The van der Waals surface area contributed by atoms with Crippen molar-refractivity contribution in [1.82, 2.24) is 0 Å².